The van der Waals surface area contributed by atoms with Gasteiger partial charge in [0.05, 0.1) is 7.11 Å². The number of amides is 2. The van der Waals surface area contributed by atoms with Crippen LogP contribution in [0.5, 0.6) is 0 Å². The number of methoxy groups -OCH3 is 1. The van der Waals surface area contributed by atoms with Crippen molar-refractivity contribution in [2.45, 2.75) is 25.9 Å². The van der Waals surface area contributed by atoms with Gasteiger partial charge in [-0.25, -0.2) is 4.79 Å². The summed E-state index contributed by atoms with van der Waals surface area (Å²) in [5, 5.41) is 4.75. The number of hydrogen-bond donors (Lipinski definition) is 2. The third-order valence-corrected chi connectivity index (χ3v) is 2.05. The zero-order chi connectivity index (χ0) is 12.7. The second kappa shape index (κ2) is 7.05. The minimum Gasteiger partial charge on any atom is -0.467 e. The van der Waals surface area contributed by atoms with Gasteiger partial charge in [0.15, 0.2) is 0 Å². The van der Waals surface area contributed by atoms with Crippen LogP contribution in [-0.2, 0) is 19.1 Å². The monoisotopic (exact) mass is 250 g/mol. The Bertz CT molecular complexity index is 283. The van der Waals surface area contributed by atoms with E-state index >= 15 is 0 Å². The lowest BCUT2D eigenvalue weighted by molar-refractivity contribution is -0.144. The lowest BCUT2D eigenvalue weighted by atomic mass is 10.2. The first-order chi connectivity index (χ1) is 7.42. The smallest absolute Gasteiger partial charge is 0.328 e. The number of carbonyl (C=O) groups is 3. The SMILES string of the molecule is COC(=O)[C@@H](C)NC(=O)[C@@H](C)NC(=O)CCl. The number of halogens is 1. The van der Waals surface area contributed by atoms with Gasteiger partial charge in [0, 0.05) is 0 Å². The summed E-state index contributed by atoms with van der Waals surface area (Å²) in [4.78, 5) is 33.3. The first-order valence-corrected chi connectivity index (χ1v) is 5.19. The van der Waals surface area contributed by atoms with Gasteiger partial charge in [-0.2, -0.15) is 0 Å². The molecule has 0 rings (SSSR count). The standard InChI is InChI=1S/C9H15ClN2O4/c1-5(11-7(13)4-10)8(14)12-6(2)9(15)16-3/h5-6H,4H2,1-3H3,(H,11,13)(H,12,14)/t5-,6-/m1/s1. The maximum atomic E-state index is 11.4. The largest absolute Gasteiger partial charge is 0.467 e. The van der Waals surface area contributed by atoms with Crippen LogP contribution in [0.4, 0.5) is 0 Å². The molecule has 0 radical (unpaired) electrons. The Morgan fingerprint density at radius 1 is 1.19 bits per heavy atom. The van der Waals surface area contributed by atoms with Crippen LogP contribution in [0.2, 0.25) is 0 Å². The highest BCUT2D eigenvalue weighted by molar-refractivity contribution is 6.27. The summed E-state index contributed by atoms with van der Waals surface area (Å²) in [6.07, 6.45) is 0. The average Bonchev–Trinajstić information content (AvgIpc) is 2.27. The van der Waals surface area contributed by atoms with E-state index in [1.807, 2.05) is 0 Å². The Morgan fingerprint density at radius 3 is 2.19 bits per heavy atom. The number of carbonyl (C=O) groups excluding carboxylic acids is 3. The lowest BCUT2D eigenvalue weighted by Crippen LogP contribution is -2.49. The van der Waals surface area contributed by atoms with Crippen molar-refractivity contribution in [3.05, 3.63) is 0 Å². The third kappa shape index (κ3) is 4.97. The first-order valence-electron chi connectivity index (χ1n) is 4.65. The van der Waals surface area contributed by atoms with Crippen LogP contribution in [0.25, 0.3) is 0 Å². The molecule has 2 atom stereocenters. The van der Waals surface area contributed by atoms with E-state index in [1.54, 1.807) is 0 Å². The maximum Gasteiger partial charge on any atom is 0.328 e. The molecule has 0 aliphatic carbocycles. The van der Waals surface area contributed by atoms with Crippen molar-refractivity contribution in [2.75, 3.05) is 13.0 Å². The van der Waals surface area contributed by atoms with Gasteiger partial charge < -0.3 is 15.4 Å². The molecular weight excluding hydrogens is 236 g/mol. The Balaban J connectivity index is 4.15. The molecule has 0 aromatic carbocycles. The van der Waals surface area contributed by atoms with Crippen LogP contribution in [0.15, 0.2) is 0 Å². The van der Waals surface area contributed by atoms with E-state index in [9.17, 15) is 14.4 Å². The van der Waals surface area contributed by atoms with E-state index in [0.29, 0.717) is 0 Å². The topological polar surface area (TPSA) is 84.5 Å². The lowest BCUT2D eigenvalue weighted by Gasteiger charge is -2.16. The summed E-state index contributed by atoms with van der Waals surface area (Å²) in [7, 11) is 1.23. The zero-order valence-corrected chi connectivity index (χ0v) is 10.1. The van der Waals surface area contributed by atoms with Crippen LogP contribution in [0, 0.1) is 0 Å². The van der Waals surface area contributed by atoms with Gasteiger partial charge in [0.1, 0.15) is 18.0 Å². The molecular formula is C9H15ClN2O4. The summed E-state index contributed by atoms with van der Waals surface area (Å²) in [5.74, 6) is -1.69. The van der Waals surface area contributed by atoms with E-state index in [0.717, 1.165) is 0 Å². The van der Waals surface area contributed by atoms with Crippen LogP contribution >= 0.6 is 11.6 Å². The number of alkyl halides is 1. The van der Waals surface area contributed by atoms with Crippen LogP contribution in [-0.4, -0.2) is 42.9 Å². The predicted molar refractivity (Wildman–Crippen MR) is 57.9 cm³/mol. The van der Waals surface area contributed by atoms with Crippen LogP contribution in [0.3, 0.4) is 0 Å². The molecule has 92 valence electrons. The Hall–Kier alpha value is -1.30. The first kappa shape index (κ1) is 14.7. The van der Waals surface area contributed by atoms with Crippen molar-refractivity contribution in [3.8, 4) is 0 Å². The van der Waals surface area contributed by atoms with E-state index in [1.165, 1.54) is 21.0 Å². The van der Waals surface area contributed by atoms with Crippen molar-refractivity contribution in [1.29, 1.82) is 0 Å². The van der Waals surface area contributed by atoms with Crippen molar-refractivity contribution in [3.63, 3.8) is 0 Å². The van der Waals surface area contributed by atoms with Gasteiger partial charge in [-0.05, 0) is 13.8 Å². The number of esters is 1. The fourth-order valence-corrected chi connectivity index (χ4v) is 0.997. The molecule has 0 unspecified atom stereocenters. The average molecular weight is 251 g/mol. The molecule has 0 aliphatic heterocycles. The van der Waals surface area contributed by atoms with Crippen LogP contribution < -0.4 is 10.6 Å². The maximum absolute atomic E-state index is 11.4. The minimum absolute atomic E-state index is 0.218. The highest BCUT2D eigenvalue weighted by atomic mass is 35.5. The van der Waals surface area contributed by atoms with Gasteiger partial charge in [-0.1, -0.05) is 0 Å². The highest BCUT2D eigenvalue weighted by Crippen LogP contribution is 1.90. The molecule has 0 saturated carbocycles. The minimum atomic E-state index is -0.757. The quantitative estimate of drug-likeness (QED) is 0.505. The molecule has 6 nitrogen and oxygen atoms in total. The molecule has 2 N–H and O–H groups in total. The number of ether oxygens (including phenoxy) is 1. The molecule has 0 heterocycles. The van der Waals surface area contributed by atoms with Gasteiger partial charge in [-0.3, -0.25) is 9.59 Å². The fraction of sp³-hybridized carbons (Fsp3) is 0.667. The normalized spacial score (nSPS) is 13.5. The van der Waals surface area contributed by atoms with E-state index in [4.69, 9.17) is 11.6 Å². The molecule has 0 spiro atoms. The Labute approximate surface area is 98.7 Å². The molecule has 0 aliphatic rings. The number of nitrogens with one attached hydrogen (secondary N) is 2. The van der Waals surface area contributed by atoms with Crippen molar-refractivity contribution in [1.82, 2.24) is 10.6 Å². The molecule has 16 heavy (non-hydrogen) atoms. The third-order valence-electron chi connectivity index (χ3n) is 1.81. The van der Waals surface area contributed by atoms with Gasteiger partial charge >= 0.3 is 5.97 Å². The van der Waals surface area contributed by atoms with E-state index in [-0.39, 0.29) is 5.88 Å². The van der Waals surface area contributed by atoms with Gasteiger partial charge in [0.25, 0.3) is 0 Å². The molecule has 0 fully saturated rings. The second-order valence-electron chi connectivity index (χ2n) is 3.18. The summed E-state index contributed by atoms with van der Waals surface area (Å²) in [5.41, 5.74) is 0. The highest BCUT2D eigenvalue weighted by Gasteiger charge is 2.20. The number of hydrogen-bond acceptors (Lipinski definition) is 4. The van der Waals surface area contributed by atoms with Gasteiger partial charge in [-0.15, -0.1) is 11.6 Å². The fourth-order valence-electron chi connectivity index (χ4n) is 0.920. The second-order valence-corrected chi connectivity index (χ2v) is 3.44. The number of rotatable bonds is 5. The molecule has 0 aromatic rings. The summed E-state index contributed by atoms with van der Waals surface area (Å²) in [6.45, 7) is 2.98. The summed E-state index contributed by atoms with van der Waals surface area (Å²) < 4.78 is 4.43. The predicted octanol–water partition coefficient (Wildman–Crippen LogP) is -0.592. The summed E-state index contributed by atoms with van der Waals surface area (Å²) in [6, 6.07) is -1.51. The molecule has 2 amide bonds. The molecule has 0 bridgehead atoms. The molecule has 7 heteroatoms. The summed E-state index contributed by atoms with van der Waals surface area (Å²) >= 11 is 5.26. The Morgan fingerprint density at radius 2 is 1.75 bits per heavy atom. The zero-order valence-electron chi connectivity index (χ0n) is 9.37. The Kier molecular flexibility index (Phi) is 6.48. The molecule has 0 saturated heterocycles. The van der Waals surface area contributed by atoms with Crippen molar-refractivity contribution < 1.29 is 19.1 Å². The van der Waals surface area contributed by atoms with Gasteiger partial charge in [0.2, 0.25) is 11.8 Å². The van der Waals surface area contributed by atoms with E-state index in [2.05, 4.69) is 15.4 Å². The molecule has 0 aromatic heterocycles. The van der Waals surface area contributed by atoms with Crippen molar-refractivity contribution >= 4 is 29.4 Å². The van der Waals surface area contributed by atoms with Crippen molar-refractivity contribution in [2.24, 2.45) is 0 Å². The van der Waals surface area contributed by atoms with Crippen LogP contribution in [0.1, 0.15) is 13.8 Å². The van der Waals surface area contributed by atoms with E-state index < -0.39 is 29.9 Å².